The molecule has 4 rings (SSSR count). The van der Waals surface area contributed by atoms with E-state index in [1.165, 1.54) is 25.0 Å². The SMILES string of the molecule is Fc1ccc(-c2ccc(S)cc2)cc1.c1c[nH]c(C2CCNCC2)n1. The molecule has 3 aromatic rings. The highest BCUT2D eigenvalue weighted by molar-refractivity contribution is 7.80. The van der Waals surface area contributed by atoms with Crippen LogP contribution in [0.5, 0.6) is 0 Å². The predicted molar refractivity (Wildman–Crippen MR) is 103 cm³/mol. The predicted octanol–water partition coefficient (Wildman–Crippen LogP) is 4.66. The molecule has 2 aromatic carbocycles. The number of nitrogens with zero attached hydrogens (tertiary/aromatic N) is 1. The Kier molecular flexibility index (Phi) is 6.25. The lowest BCUT2D eigenvalue weighted by molar-refractivity contribution is 0.447. The minimum Gasteiger partial charge on any atom is -0.348 e. The van der Waals surface area contributed by atoms with Crippen molar-refractivity contribution in [2.24, 2.45) is 0 Å². The van der Waals surface area contributed by atoms with Crippen LogP contribution in [-0.2, 0) is 0 Å². The maximum absolute atomic E-state index is 12.7. The number of piperidine rings is 1. The summed E-state index contributed by atoms with van der Waals surface area (Å²) in [7, 11) is 0. The van der Waals surface area contributed by atoms with E-state index in [0.717, 1.165) is 34.9 Å². The molecule has 0 bridgehead atoms. The summed E-state index contributed by atoms with van der Waals surface area (Å²) in [6.45, 7) is 2.26. The van der Waals surface area contributed by atoms with Crippen molar-refractivity contribution in [1.82, 2.24) is 15.3 Å². The zero-order chi connectivity index (χ0) is 17.5. The van der Waals surface area contributed by atoms with Crippen LogP contribution in [0, 0.1) is 5.82 Å². The fraction of sp³-hybridized carbons (Fsp3) is 0.250. The van der Waals surface area contributed by atoms with Crippen molar-refractivity contribution in [2.45, 2.75) is 23.7 Å². The van der Waals surface area contributed by atoms with E-state index >= 15 is 0 Å². The van der Waals surface area contributed by atoms with Gasteiger partial charge in [-0.3, -0.25) is 0 Å². The number of hydrogen-bond donors (Lipinski definition) is 3. The lowest BCUT2D eigenvalue weighted by Gasteiger charge is -2.20. The standard InChI is InChI=1S/C12H9FS.C8H13N3/c13-11-5-1-9(2-6-11)10-3-7-12(14)8-4-10;1-3-9-4-2-7(1)8-10-5-6-11-8/h1-8,14H;5-7,9H,1-4H2,(H,10,11). The molecule has 1 aliphatic heterocycles. The average Bonchev–Trinajstić information content (AvgIpc) is 3.19. The number of aromatic amines is 1. The van der Waals surface area contributed by atoms with E-state index in [1.54, 1.807) is 12.1 Å². The van der Waals surface area contributed by atoms with Gasteiger partial charge in [0.1, 0.15) is 11.6 Å². The van der Waals surface area contributed by atoms with E-state index in [4.69, 9.17) is 0 Å². The largest absolute Gasteiger partial charge is 0.348 e. The van der Waals surface area contributed by atoms with E-state index in [0.29, 0.717) is 5.92 Å². The third-order valence-electron chi connectivity index (χ3n) is 4.29. The van der Waals surface area contributed by atoms with E-state index < -0.39 is 0 Å². The molecule has 0 spiro atoms. The third-order valence-corrected chi connectivity index (χ3v) is 4.59. The Balaban J connectivity index is 0.000000150. The minimum absolute atomic E-state index is 0.209. The Bertz CT molecular complexity index is 705. The second kappa shape index (κ2) is 8.83. The normalized spacial score (nSPS) is 14.6. The summed E-state index contributed by atoms with van der Waals surface area (Å²) in [6, 6.07) is 14.2. The first kappa shape index (κ1) is 17.7. The molecule has 1 aromatic heterocycles. The monoisotopic (exact) mass is 355 g/mol. The molecule has 25 heavy (non-hydrogen) atoms. The van der Waals surface area contributed by atoms with Gasteiger partial charge in [0, 0.05) is 23.2 Å². The van der Waals surface area contributed by atoms with Gasteiger partial charge >= 0.3 is 0 Å². The number of halogens is 1. The van der Waals surface area contributed by atoms with Crippen molar-refractivity contribution in [3.8, 4) is 11.1 Å². The van der Waals surface area contributed by atoms with Crippen molar-refractivity contribution in [2.75, 3.05) is 13.1 Å². The van der Waals surface area contributed by atoms with E-state index in [9.17, 15) is 4.39 Å². The quantitative estimate of drug-likeness (QED) is 0.585. The average molecular weight is 355 g/mol. The van der Waals surface area contributed by atoms with Gasteiger partial charge in [0.15, 0.2) is 0 Å². The van der Waals surface area contributed by atoms with Gasteiger partial charge in [0.2, 0.25) is 0 Å². The van der Waals surface area contributed by atoms with Crippen LogP contribution in [0.2, 0.25) is 0 Å². The second-order valence-corrected chi connectivity index (χ2v) is 6.57. The molecular formula is C20H22FN3S. The number of benzene rings is 2. The molecule has 0 aliphatic carbocycles. The molecule has 0 saturated carbocycles. The molecule has 5 heteroatoms. The molecule has 0 amide bonds. The van der Waals surface area contributed by atoms with Gasteiger partial charge in [0.05, 0.1) is 0 Å². The minimum atomic E-state index is -0.209. The van der Waals surface area contributed by atoms with Crippen LogP contribution in [0.1, 0.15) is 24.6 Å². The highest BCUT2D eigenvalue weighted by atomic mass is 32.1. The number of imidazole rings is 1. The molecule has 1 saturated heterocycles. The Morgan fingerprint density at radius 2 is 1.52 bits per heavy atom. The molecular weight excluding hydrogens is 333 g/mol. The van der Waals surface area contributed by atoms with Crippen LogP contribution in [0.4, 0.5) is 4.39 Å². The summed E-state index contributed by atoms with van der Waals surface area (Å²) in [5, 5.41) is 3.33. The molecule has 2 heterocycles. The van der Waals surface area contributed by atoms with Gasteiger partial charge < -0.3 is 10.3 Å². The van der Waals surface area contributed by atoms with Crippen LogP contribution < -0.4 is 5.32 Å². The highest BCUT2D eigenvalue weighted by Gasteiger charge is 2.16. The van der Waals surface area contributed by atoms with E-state index in [-0.39, 0.29) is 5.82 Å². The van der Waals surface area contributed by atoms with Gasteiger partial charge in [-0.15, -0.1) is 12.6 Å². The maximum atomic E-state index is 12.7. The number of aromatic nitrogens is 2. The fourth-order valence-corrected chi connectivity index (χ4v) is 3.04. The number of H-pyrrole nitrogens is 1. The molecule has 1 aliphatic rings. The molecule has 0 unspecified atom stereocenters. The first-order valence-corrected chi connectivity index (χ1v) is 8.92. The molecule has 0 radical (unpaired) electrons. The van der Waals surface area contributed by atoms with E-state index in [2.05, 4.69) is 27.9 Å². The first-order chi connectivity index (χ1) is 12.2. The Hall–Kier alpha value is -2.11. The topological polar surface area (TPSA) is 40.7 Å². The van der Waals surface area contributed by atoms with Crippen molar-refractivity contribution in [1.29, 1.82) is 0 Å². The zero-order valence-electron chi connectivity index (χ0n) is 14.0. The lowest BCUT2D eigenvalue weighted by Crippen LogP contribution is -2.27. The van der Waals surface area contributed by atoms with Gasteiger partial charge in [-0.2, -0.15) is 0 Å². The fourth-order valence-electron chi connectivity index (χ4n) is 2.89. The number of thiol groups is 1. The van der Waals surface area contributed by atoms with Crippen molar-refractivity contribution >= 4 is 12.6 Å². The van der Waals surface area contributed by atoms with E-state index in [1.807, 2.05) is 36.7 Å². The molecule has 0 atom stereocenters. The Morgan fingerprint density at radius 1 is 0.920 bits per heavy atom. The molecule has 3 nitrogen and oxygen atoms in total. The second-order valence-electron chi connectivity index (χ2n) is 6.05. The third kappa shape index (κ3) is 5.18. The number of rotatable bonds is 2. The summed E-state index contributed by atoms with van der Waals surface area (Å²) >= 11 is 4.20. The Morgan fingerprint density at radius 3 is 2.08 bits per heavy atom. The van der Waals surface area contributed by atoms with Crippen LogP contribution in [0.3, 0.4) is 0 Å². The summed E-state index contributed by atoms with van der Waals surface area (Å²) in [4.78, 5) is 8.35. The van der Waals surface area contributed by atoms with Gasteiger partial charge in [-0.1, -0.05) is 24.3 Å². The summed E-state index contributed by atoms with van der Waals surface area (Å²) in [5.41, 5.74) is 2.09. The first-order valence-electron chi connectivity index (χ1n) is 8.47. The van der Waals surface area contributed by atoms with Crippen LogP contribution in [0.15, 0.2) is 65.8 Å². The zero-order valence-corrected chi connectivity index (χ0v) is 14.8. The van der Waals surface area contributed by atoms with Crippen LogP contribution in [-0.4, -0.2) is 23.1 Å². The molecule has 130 valence electrons. The summed E-state index contributed by atoms with van der Waals surface area (Å²) in [5.74, 6) is 1.61. The van der Waals surface area contributed by atoms with Gasteiger partial charge in [-0.05, 0) is 61.3 Å². The maximum Gasteiger partial charge on any atom is 0.123 e. The van der Waals surface area contributed by atoms with Crippen LogP contribution in [0.25, 0.3) is 11.1 Å². The lowest BCUT2D eigenvalue weighted by atomic mass is 9.98. The summed E-state index contributed by atoms with van der Waals surface area (Å²) < 4.78 is 12.7. The molecule has 1 fully saturated rings. The van der Waals surface area contributed by atoms with Crippen molar-refractivity contribution in [3.05, 3.63) is 72.6 Å². The smallest absolute Gasteiger partial charge is 0.123 e. The van der Waals surface area contributed by atoms with Gasteiger partial charge in [-0.25, -0.2) is 9.37 Å². The van der Waals surface area contributed by atoms with Crippen molar-refractivity contribution in [3.63, 3.8) is 0 Å². The molecule has 2 N–H and O–H groups in total. The number of hydrogen-bond acceptors (Lipinski definition) is 3. The van der Waals surface area contributed by atoms with Crippen LogP contribution >= 0.6 is 12.6 Å². The number of nitrogens with one attached hydrogen (secondary N) is 2. The summed E-state index contributed by atoms with van der Waals surface area (Å²) in [6.07, 6.45) is 6.16. The van der Waals surface area contributed by atoms with Crippen molar-refractivity contribution < 1.29 is 4.39 Å². The highest BCUT2D eigenvalue weighted by Crippen LogP contribution is 2.21. The Labute approximate surface area is 153 Å². The van der Waals surface area contributed by atoms with Gasteiger partial charge in [0.25, 0.3) is 0 Å².